The lowest BCUT2D eigenvalue weighted by atomic mass is 10.2. The van der Waals surface area contributed by atoms with Crippen LogP contribution < -0.4 is 4.90 Å². The Bertz CT molecular complexity index is 611. The van der Waals surface area contributed by atoms with Crippen molar-refractivity contribution in [1.29, 1.82) is 0 Å². The number of hydrogen-bond donors (Lipinski definition) is 0. The first-order valence-electron chi connectivity index (χ1n) is 6.20. The number of rotatable bonds is 1. The third-order valence-corrected chi connectivity index (χ3v) is 3.58. The minimum Gasteiger partial charge on any atom is -0.353 e. The number of likely N-dealkylation sites (N-methyl/N-ethyl adjacent to an activating group) is 1. The van der Waals surface area contributed by atoms with Crippen LogP contribution >= 0.6 is 11.6 Å². The maximum atomic E-state index is 13.4. The van der Waals surface area contributed by atoms with Gasteiger partial charge in [0.25, 0.3) is 0 Å². The first kappa shape index (κ1) is 12.6. The number of benzene rings is 1. The number of anilines is 1. The molecule has 0 saturated carbocycles. The van der Waals surface area contributed by atoms with Crippen LogP contribution in [0, 0.1) is 5.82 Å². The molecule has 1 saturated heterocycles. The highest BCUT2D eigenvalue weighted by atomic mass is 35.5. The predicted octanol–water partition coefficient (Wildman–Crippen LogP) is 2.17. The van der Waals surface area contributed by atoms with E-state index in [0.717, 1.165) is 32.0 Å². The number of halogens is 2. The van der Waals surface area contributed by atoms with Crippen LogP contribution in [0.1, 0.15) is 0 Å². The summed E-state index contributed by atoms with van der Waals surface area (Å²) in [5.74, 6) is 0.441. The van der Waals surface area contributed by atoms with E-state index in [0.29, 0.717) is 10.9 Å². The number of aromatic nitrogens is 2. The maximum Gasteiger partial charge on any atom is 0.224 e. The number of nitrogens with zero attached hydrogens (tertiary/aromatic N) is 4. The van der Waals surface area contributed by atoms with Crippen molar-refractivity contribution in [2.45, 2.75) is 0 Å². The molecule has 19 heavy (non-hydrogen) atoms. The van der Waals surface area contributed by atoms with Crippen molar-refractivity contribution in [2.24, 2.45) is 0 Å². The summed E-state index contributed by atoms with van der Waals surface area (Å²) in [4.78, 5) is 12.8. The average Bonchev–Trinajstić information content (AvgIpc) is 2.39. The van der Waals surface area contributed by atoms with E-state index >= 15 is 0 Å². The van der Waals surface area contributed by atoms with E-state index in [2.05, 4.69) is 26.8 Å². The van der Waals surface area contributed by atoms with Crippen molar-refractivity contribution in [3.8, 4) is 0 Å². The summed E-state index contributed by atoms with van der Waals surface area (Å²) < 4.78 is 13.4. The molecule has 3 rings (SSSR count). The van der Waals surface area contributed by atoms with Gasteiger partial charge in [-0.25, -0.2) is 9.37 Å². The Hall–Kier alpha value is -1.46. The monoisotopic (exact) mass is 280 g/mol. The van der Waals surface area contributed by atoms with Crippen LogP contribution in [0.25, 0.3) is 10.9 Å². The van der Waals surface area contributed by atoms with Gasteiger partial charge in [-0.1, -0.05) is 0 Å². The van der Waals surface area contributed by atoms with E-state index in [4.69, 9.17) is 11.6 Å². The molecule has 1 aromatic carbocycles. The second-order valence-electron chi connectivity index (χ2n) is 4.77. The molecule has 2 aromatic rings. The Balaban J connectivity index is 2.08. The zero-order chi connectivity index (χ0) is 13.4. The van der Waals surface area contributed by atoms with Gasteiger partial charge in [-0.2, -0.15) is 4.98 Å². The van der Waals surface area contributed by atoms with Gasteiger partial charge in [-0.15, -0.1) is 0 Å². The summed E-state index contributed by atoms with van der Waals surface area (Å²) in [5.41, 5.74) is 0.676. The van der Waals surface area contributed by atoms with Crippen molar-refractivity contribution >= 4 is 28.3 Å². The quantitative estimate of drug-likeness (QED) is 0.750. The Morgan fingerprint density at radius 1 is 1.16 bits per heavy atom. The van der Waals surface area contributed by atoms with Crippen molar-refractivity contribution in [2.75, 3.05) is 38.1 Å². The molecular weight excluding hydrogens is 267 g/mol. The van der Waals surface area contributed by atoms with Crippen molar-refractivity contribution < 1.29 is 4.39 Å². The zero-order valence-corrected chi connectivity index (χ0v) is 11.4. The lowest BCUT2D eigenvalue weighted by Crippen LogP contribution is -2.44. The maximum absolute atomic E-state index is 13.4. The molecule has 0 N–H and O–H groups in total. The predicted molar refractivity (Wildman–Crippen MR) is 74.2 cm³/mol. The average molecular weight is 281 g/mol. The second kappa shape index (κ2) is 4.90. The highest BCUT2D eigenvalue weighted by Gasteiger charge is 2.19. The molecule has 0 unspecified atom stereocenters. The topological polar surface area (TPSA) is 32.3 Å². The van der Waals surface area contributed by atoms with Gasteiger partial charge in [0.05, 0.1) is 5.52 Å². The minimum absolute atomic E-state index is 0.202. The molecule has 1 fully saturated rings. The molecule has 0 aliphatic carbocycles. The van der Waals surface area contributed by atoms with Crippen LogP contribution in [-0.4, -0.2) is 48.1 Å². The van der Waals surface area contributed by atoms with Crippen LogP contribution in [-0.2, 0) is 0 Å². The van der Waals surface area contributed by atoms with Gasteiger partial charge in [0.2, 0.25) is 5.28 Å². The standard InChI is InChI=1S/C13H14ClFN4/c1-18-4-6-19(7-5-18)12-10-8-9(15)2-3-11(10)16-13(14)17-12/h2-3,8H,4-7H2,1H3. The summed E-state index contributed by atoms with van der Waals surface area (Å²) in [6.07, 6.45) is 0. The van der Waals surface area contributed by atoms with E-state index in [1.165, 1.54) is 12.1 Å². The molecule has 0 radical (unpaired) electrons. The van der Waals surface area contributed by atoms with Crippen molar-refractivity contribution in [3.63, 3.8) is 0 Å². The molecule has 4 nitrogen and oxygen atoms in total. The molecule has 0 spiro atoms. The molecule has 0 atom stereocenters. The Labute approximate surface area is 115 Å². The molecule has 100 valence electrons. The second-order valence-corrected chi connectivity index (χ2v) is 5.11. The largest absolute Gasteiger partial charge is 0.353 e. The summed E-state index contributed by atoms with van der Waals surface area (Å²) in [5, 5.41) is 0.919. The number of piperazine rings is 1. The molecule has 2 heterocycles. The highest BCUT2D eigenvalue weighted by Crippen LogP contribution is 2.26. The van der Waals surface area contributed by atoms with Gasteiger partial charge in [0.1, 0.15) is 11.6 Å². The molecular formula is C13H14ClFN4. The van der Waals surface area contributed by atoms with Gasteiger partial charge in [0, 0.05) is 31.6 Å². The SMILES string of the molecule is CN1CCN(c2nc(Cl)nc3ccc(F)cc23)CC1. The van der Waals surface area contributed by atoms with Gasteiger partial charge in [0.15, 0.2) is 0 Å². The lowest BCUT2D eigenvalue weighted by molar-refractivity contribution is 0.312. The van der Waals surface area contributed by atoms with Crippen LogP contribution in [0.3, 0.4) is 0 Å². The number of fused-ring (bicyclic) bond motifs is 1. The molecule has 1 aliphatic rings. The summed E-state index contributed by atoms with van der Waals surface area (Å²) in [7, 11) is 2.09. The van der Waals surface area contributed by atoms with E-state index in [1.54, 1.807) is 6.07 Å². The fourth-order valence-electron chi connectivity index (χ4n) is 2.32. The number of hydrogen-bond acceptors (Lipinski definition) is 4. The molecule has 1 aromatic heterocycles. The smallest absolute Gasteiger partial charge is 0.224 e. The molecule has 1 aliphatic heterocycles. The first-order chi connectivity index (χ1) is 9.13. The van der Waals surface area contributed by atoms with Crippen LogP contribution in [0.15, 0.2) is 18.2 Å². The van der Waals surface area contributed by atoms with E-state index in [1.807, 2.05) is 0 Å². The first-order valence-corrected chi connectivity index (χ1v) is 6.57. The fraction of sp³-hybridized carbons (Fsp3) is 0.385. The fourth-order valence-corrected chi connectivity index (χ4v) is 2.49. The van der Waals surface area contributed by atoms with Crippen molar-refractivity contribution in [3.05, 3.63) is 29.3 Å². The van der Waals surface area contributed by atoms with Gasteiger partial charge < -0.3 is 9.80 Å². The van der Waals surface area contributed by atoms with Gasteiger partial charge in [-0.3, -0.25) is 0 Å². The Morgan fingerprint density at radius 2 is 1.89 bits per heavy atom. The summed E-state index contributed by atoms with van der Waals surface area (Å²) in [6.45, 7) is 3.63. The summed E-state index contributed by atoms with van der Waals surface area (Å²) >= 11 is 5.96. The highest BCUT2D eigenvalue weighted by molar-refractivity contribution is 6.28. The van der Waals surface area contributed by atoms with Crippen LogP contribution in [0.4, 0.5) is 10.2 Å². The zero-order valence-electron chi connectivity index (χ0n) is 10.6. The normalized spacial score (nSPS) is 17.1. The minimum atomic E-state index is -0.284. The molecule has 0 amide bonds. The van der Waals surface area contributed by atoms with Crippen LogP contribution in [0.2, 0.25) is 5.28 Å². The Morgan fingerprint density at radius 3 is 2.63 bits per heavy atom. The third-order valence-electron chi connectivity index (χ3n) is 3.41. The van der Waals surface area contributed by atoms with E-state index in [9.17, 15) is 4.39 Å². The van der Waals surface area contributed by atoms with Crippen LogP contribution in [0.5, 0.6) is 0 Å². The third kappa shape index (κ3) is 2.48. The van der Waals surface area contributed by atoms with E-state index < -0.39 is 0 Å². The van der Waals surface area contributed by atoms with Crippen molar-refractivity contribution in [1.82, 2.24) is 14.9 Å². The van der Waals surface area contributed by atoms with Gasteiger partial charge in [-0.05, 0) is 36.8 Å². The Kier molecular flexibility index (Phi) is 3.24. The van der Waals surface area contributed by atoms with Gasteiger partial charge >= 0.3 is 0 Å². The molecule has 0 bridgehead atoms. The molecule has 6 heteroatoms. The lowest BCUT2D eigenvalue weighted by Gasteiger charge is -2.33. The summed E-state index contributed by atoms with van der Waals surface area (Å²) in [6, 6.07) is 4.50. The van der Waals surface area contributed by atoms with E-state index in [-0.39, 0.29) is 11.1 Å².